The quantitative estimate of drug-likeness (QED) is 0.727. The lowest BCUT2D eigenvalue weighted by atomic mass is 10.2. The highest BCUT2D eigenvalue weighted by molar-refractivity contribution is 5.87. The summed E-state index contributed by atoms with van der Waals surface area (Å²) in [5.41, 5.74) is 1.50. The van der Waals surface area contributed by atoms with Gasteiger partial charge in [0.1, 0.15) is 5.60 Å². The molecular weight excluding hydrogens is 202 g/mol. The molecule has 1 rings (SSSR count). The van der Waals surface area contributed by atoms with E-state index in [1.54, 1.807) is 7.05 Å². The highest BCUT2D eigenvalue weighted by Gasteiger charge is 2.20. The summed E-state index contributed by atoms with van der Waals surface area (Å²) in [6.45, 7) is 7.56. The van der Waals surface area contributed by atoms with Gasteiger partial charge in [-0.3, -0.25) is 4.90 Å². The molecule has 0 radical (unpaired) electrons. The van der Waals surface area contributed by atoms with Gasteiger partial charge in [0, 0.05) is 12.7 Å². The molecule has 1 aromatic carbocycles. The van der Waals surface area contributed by atoms with Gasteiger partial charge < -0.3 is 4.74 Å². The van der Waals surface area contributed by atoms with Crippen LogP contribution in [-0.2, 0) is 4.74 Å². The van der Waals surface area contributed by atoms with E-state index < -0.39 is 5.60 Å². The van der Waals surface area contributed by atoms with E-state index in [4.69, 9.17) is 4.74 Å². The predicted molar refractivity (Wildman–Crippen MR) is 65.8 cm³/mol. The number of carbonyl (C=O) groups is 1. The largest absolute Gasteiger partial charge is 0.443 e. The average molecular weight is 221 g/mol. The van der Waals surface area contributed by atoms with E-state index in [1.807, 2.05) is 52.0 Å². The molecule has 0 heterocycles. The van der Waals surface area contributed by atoms with Crippen molar-refractivity contribution in [1.29, 1.82) is 0 Å². The van der Waals surface area contributed by atoms with Crippen molar-refractivity contribution in [1.82, 2.24) is 0 Å². The summed E-state index contributed by atoms with van der Waals surface area (Å²) in [4.78, 5) is 13.3. The molecule has 0 fully saturated rings. The molecule has 0 saturated heterocycles. The third-order valence-electron chi connectivity index (χ3n) is 2.06. The van der Waals surface area contributed by atoms with Crippen molar-refractivity contribution in [3.05, 3.63) is 29.8 Å². The number of anilines is 1. The van der Waals surface area contributed by atoms with Gasteiger partial charge in [0.05, 0.1) is 0 Å². The van der Waals surface area contributed by atoms with Gasteiger partial charge in [0.2, 0.25) is 0 Å². The predicted octanol–water partition coefficient (Wildman–Crippen LogP) is 3.37. The molecule has 0 aromatic heterocycles. The van der Waals surface area contributed by atoms with Crippen LogP contribution in [0.3, 0.4) is 0 Å². The topological polar surface area (TPSA) is 29.5 Å². The summed E-state index contributed by atoms with van der Waals surface area (Å²) in [6.07, 6.45) is -0.335. The van der Waals surface area contributed by atoms with Gasteiger partial charge in [-0.15, -0.1) is 0 Å². The second kappa shape index (κ2) is 4.56. The molecule has 0 aliphatic rings. The van der Waals surface area contributed by atoms with Crippen molar-refractivity contribution in [2.45, 2.75) is 33.3 Å². The minimum Gasteiger partial charge on any atom is -0.443 e. The first-order valence-corrected chi connectivity index (χ1v) is 5.33. The van der Waals surface area contributed by atoms with Gasteiger partial charge >= 0.3 is 6.09 Å². The first-order valence-electron chi connectivity index (χ1n) is 5.33. The van der Waals surface area contributed by atoms with Crippen LogP contribution in [0.1, 0.15) is 26.3 Å². The van der Waals surface area contributed by atoms with Crippen LogP contribution in [0.2, 0.25) is 0 Å². The summed E-state index contributed by atoms with van der Waals surface area (Å²) >= 11 is 0. The highest BCUT2D eigenvalue weighted by Crippen LogP contribution is 2.17. The van der Waals surface area contributed by atoms with Crippen LogP contribution < -0.4 is 4.90 Å². The zero-order valence-corrected chi connectivity index (χ0v) is 10.6. The smallest absolute Gasteiger partial charge is 0.414 e. The lowest BCUT2D eigenvalue weighted by Gasteiger charge is -2.24. The standard InChI is InChI=1S/C13H19NO2/c1-10-7-6-8-11(9-10)14(5)12(15)16-13(2,3)4/h6-9H,1-5H3. The van der Waals surface area contributed by atoms with E-state index in [-0.39, 0.29) is 6.09 Å². The summed E-state index contributed by atoms with van der Waals surface area (Å²) in [6, 6.07) is 7.75. The van der Waals surface area contributed by atoms with Crippen LogP contribution in [-0.4, -0.2) is 18.7 Å². The van der Waals surface area contributed by atoms with Gasteiger partial charge in [-0.2, -0.15) is 0 Å². The summed E-state index contributed by atoms with van der Waals surface area (Å²) in [7, 11) is 1.71. The molecule has 1 amide bonds. The van der Waals surface area contributed by atoms with Crippen molar-refractivity contribution in [2.24, 2.45) is 0 Å². The minimum atomic E-state index is -0.463. The monoisotopic (exact) mass is 221 g/mol. The molecule has 88 valence electrons. The Bertz CT molecular complexity index is 380. The van der Waals surface area contributed by atoms with Crippen molar-refractivity contribution in [2.75, 3.05) is 11.9 Å². The van der Waals surface area contributed by atoms with Crippen LogP contribution in [0.5, 0.6) is 0 Å². The van der Waals surface area contributed by atoms with Crippen molar-refractivity contribution in [3.63, 3.8) is 0 Å². The normalized spacial score (nSPS) is 11.1. The fourth-order valence-corrected chi connectivity index (χ4v) is 1.27. The first kappa shape index (κ1) is 12.6. The van der Waals surface area contributed by atoms with Crippen molar-refractivity contribution < 1.29 is 9.53 Å². The number of ether oxygens (including phenoxy) is 1. The van der Waals surface area contributed by atoms with Gasteiger partial charge in [0.25, 0.3) is 0 Å². The SMILES string of the molecule is Cc1cccc(N(C)C(=O)OC(C)(C)C)c1. The Morgan fingerprint density at radius 2 is 1.94 bits per heavy atom. The molecule has 3 heteroatoms. The summed E-state index contributed by atoms with van der Waals surface area (Å²) < 4.78 is 5.28. The maximum absolute atomic E-state index is 11.8. The third-order valence-corrected chi connectivity index (χ3v) is 2.06. The Balaban J connectivity index is 2.78. The van der Waals surface area contributed by atoms with Crippen LogP contribution in [0.25, 0.3) is 0 Å². The summed E-state index contributed by atoms with van der Waals surface area (Å²) in [5, 5.41) is 0. The third kappa shape index (κ3) is 3.57. The lowest BCUT2D eigenvalue weighted by Crippen LogP contribution is -2.34. The summed E-state index contributed by atoms with van der Waals surface area (Å²) in [5.74, 6) is 0. The van der Waals surface area contributed by atoms with E-state index in [1.165, 1.54) is 4.90 Å². The Labute approximate surface area is 97.0 Å². The first-order chi connectivity index (χ1) is 7.29. The Morgan fingerprint density at radius 1 is 1.31 bits per heavy atom. The molecule has 0 saturated carbocycles. The second-order valence-electron chi connectivity index (χ2n) is 4.88. The number of carbonyl (C=O) groups excluding carboxylic acids is 1. The zero-order valence-electron chi connectivity index (χ0n) is 10.6. The molecule has 0 aliphatic carbocycles. The van der Waals surface area contributed by atoms with Gasteiger partial charge in [-0.1, -0.05) is 12.1 Å². The van der Waals surface area contributed by atoms with E-state index in [0.717, 1.165) is 11.3 Å². The second-order valence-corrected chi connectivity index (χ2v) is 4.88. The molecule has 0 bridgehead atoms. The fourth-order valence-electron chi connectivity index (χ4n) is 1.27. The van der Waals surface area contributed by atoms with Crippen LogP contribution in [0.15, 0.2) is 24.3 Å². The average Bonchev–Trinajstić information content (AvgIpc) is 2.14. The van der Waals surface area contributed by atoms with E-state index >= 15 is 0 Å². The maximum Gasteiger partial charge on any atom is 0.414 e. The lowest BCUT2D eigenvalue weighted by molar-refractivity contribution is 0.0589. The molecule has 16 heavy (non-hydrogen) atoms. The number of aryl methyl sites for hydroxylation is 1. The van der Waals surface area contributed by atoms with Crippen molar-refractivity contribution >= 4 is 11.8 Å². The van der Waals surface area contributed by atoms with E-state index in [9.17, 15) is 4.79 Å². The molecule has 0 unspecified atom stereocenters. The number of amides is 1. The Hall–Kier alpha value is -1.51. The molecular formula is C13H19NO2. The maximum atomic E-state index is 11.8. The Morgan fingerprint density at radius 3 is 2.44 bits per heavy atom. The number of hydrogen-bond donors (Lipinski definition) is 0. The molecule has 3 nitrogen and oxygen atoms in total. The number of rotatable bonds is 1. The van der Waals surface area contributed by atoms with Crippen molar-refractivity contribution in [3.8, 4) is 0 Å². The molecule has 1 aromatic rings. The van der Waals surface area contributed by atoms with E-state index in [0.29, 0.717) is 0 Å². The van der Waals surface area contributed by atoms with E-state index in [2.05, 4.69) is 0 Å². The number of hydrogen-bond acceptors (Lipinski definition) is 2. The molecule has 0 atom stereocenters. The highest BCUT2D eigenvalue weighted by atomic mass is 16.6. The Kier molecular flexibility index (Phi) is 3.58. The van der Waals surface area contributed by atoms with Gasteiger partial charge in [-0.05, 0) is 45.4 Å². The minimum absolute atomic E-state index is 0.335. The number of nitrogens with zero attached hydrogens (tertiary/aromatic N) is 1. The molecule has 0 aliphatic heterocycles. The zero-order chi connectivity index (χ0) is 12.3. The van der Waals surface area contributed by atoms with Crippen LogP contribution in [0, 0.1) is 6.92 Å². The van der Waals surface area contributed by atoms with Gasteiger partial charge in [0.15, 0.2) is 0 Å². The van der Waals surface area contributed by atoms with Crippen LogP contribution in [0.4, 0.5) is 10.5 Å². The van der Waals surface area contributed by atoms with Crippen LogP contribution >= 0.6 is 0 Å². The van der Waals surface area contributed by atoms with Gasteiger partial charge in [-0.25, -0.2) is 4.79 Å². The fraction of sp³-hybridized carbons (Fsp3) is 0.462. The molecule has 0 N–H and O–H groups in total. The number of benzene rings is 1. The molecule has 0 spiro atoms.